The van der Waals surface area contributed by atoms with Gasteiger partial charge in [0.25, 0.3) is 11.8 Å². The first-order valence-electron chi connectivity index (χ1n) is 9.91. The summed E-state index contributed by atoms with van der Waals surface area (Å²) < 4.78 is 5.46. The van der Waals surface area contributed by atoms with E-state index < -0.39 is 23.8 Å². The van der Waals surface area contributed by atoms with Crippen molar-refractivity contribution in [3.05, 3.63) is 96.1 Å². The maximum Gasteiger partial charge on any atom is 0.274 e. The van der Waals surface area contributed by atoms with Crippen LogP contribution in [0, 0.1) is 0 Å². The van der Waals surface area contributed by atoms with Gasteiger partial charge in [-0.1, -0.05) is 48.5 Å². The summed E-state index contributed by atoms with van der Waals surface area (Å²) in [7, 11) is 0. The molecule has 4 N–H and O–H groups in total. The smallest absolute Gasteiger partial charge is 0.274 e. The van der Waals surface area contributed by atoms with E-state index >= 15 is 0 Å². The number of anilines is 1. The fraction of sp³-hybridized carbons (Fsp3) is 0.125. The Hall–Kier alpha value is -4.17. The molecule has 0 heterocycles. The molecule has 0 saturated heterocycles. The van der Waals surface area contributed by atoms with E-state index in [9.17, 15) is 14.4 Å². The number of hydroxylamine groups is 1. The monoisotopic (exact) mass is 433 g/mol. The number of carbonyl (C=O) groups is 3. The highest BCUT2D eigenvalue weighted by molar-refractivity contribution is 5.98. The highest BCUT2D eigenvalue weighted by atomic mass is 16.5. The molecule has 0 aliphatic heterocycles. The Morgan fingerprint density at radius 1 is 0.844 bits per heavy atom. The van der Waals surface area contributed by atoms with Crippen molar-refractivity contribution in [3.8, 4) is 5.75 Å². The molecule has 0 saturated carbocycles. The van der Waals surface area contributed by atoms with Crippen molar-refractivity contribution in [2.75, 3.05) is 11.9 Å². The van der Waals surface area contributed by atoms with Crippen LogP contribution in [0.25, 0.3) is 0 Å². The average molecular weight is 433 g/mol. The van der Waals surface area contributed by atoms with Crippen molar-refractivity contribution in [1.29, 1.82) is 0 Å². The Labute approximate surface area is 185 Å². The summed E-state index contributed by atoms with van der Waals surface area (Å²) in [5, 5.41) is 14.2. The van der Waals surface area contributed by atoms with Crippen LogP contribution in [-0.4, -0.2) is 35.6 Å². The van der Waals surface area contributed by atoms with E-state index in [4.69, 9.17) is 9.94 Å². The molecule has 164 valence electrons. The van der Waals surface area contributed by atoms with Crippen LogP contribution in [0.15, 0.2) is 84.9 Å². The maximum absolute atomic E-state index is 12.9. The highest BCUT2D eigenvalue weighted by Gasteiger charge is 2.22. The fourth-order valence-electron chi connectivity index (χ4n) is 2.96. The largest absolute Gasteiger partial charge is 0.484 e. The molecule has 8 heteroatoms. The lowest BCUT2D eigenvalue weighted by Crippen LogP contribution is -2.46. The van der Waals surface area contributed by atoms with Gasteiger partial charge in [-0.05, 0) is 42.0 Å². The number of benzene rings is 3. The second-order valence-electron chi connectivity index (χ2n) is 6.92. The third-order valence-electron chi connectivity index (χ3n) is 4.56. The van der Waals surface area contributed by atoms with E-state index in [0.717, 1.165) is 5.56 Å². The van der Waals surface area contributed by atoms with E-state index in [1.807, 2.05) is 36.4 Å². The van der Waals surface area contributed by atoms with Gasteiger partial charge in [0.2, 0.25) is 5.91 Å². The van der Waals surface area contributed by atoms with Crippen molar-refractivity contribution in [2.45, 2.75) is 12.5 Å². The van der Waals surface area contributed by atoms with Crippen LogP contribution in [0.1, 0.15) is 15.9 Å². The number of ether oxygens (including phenoxy) is 1. The molecular formula is C24H23N3O5. The first-order chi connectivity index (χ1) is 15.5. The van der Waals surface area contributed by atoms with Gasteiger partial charge in [0, 0.05) is 17.7 Å². The van der Waals surface area contributed by atoms with Crippen LogP contribution < -0.4 is 20.9 Å². The summed E-state index contributed by atoms with van der Waals surface area (Å²) in [4.78, 5) is 36.8. The Bertz CT molecular complexity index is 1040. The van der Waals surface area contributed by atoms with Crippen molar-refractivity contribution < 1.29 is 24.3 Å². The molecule has 0 bridgehead atoms. The number of nitrogens with one attached hydrogen (secondary N) is 3. The molecule has 1 atom stereocenters. The van der Waals surface area contributed by atoms with Crippen molar-refractivity contribution >= 4 is 23.4 Å². The number of hydrogen-bond donors (Lipinski definition) is 4. The second-order valence-corrected chi connectivity index (χ2v) is 6.92. The zero-order valence-electron chi connectivity index (χ0n) is 17.2. The summed E-state index contributed by atoms with van der Waals surface area (Å²) in [6, 6.07) is 23.4. The Morgan fingerprint density at radius 2 is 1.47 bits per heavy atom. The Morgan fingerprint density at radius 3 is 2.09 bits per heavy atom. The Balaban J connectivity index is 1.66. The number of carbonyl (C=O) groups excluding carboxylic acids is 3. The van der Waals surface area contributed by atoms with E-state index in [1.165, 1.54) is 24.3 Å². The number of para-hydroxylation sites is 1. The van der Waals surface area contributed by atoms with Crippen molar-refractivity contribution in [1.82, 2.24) is 10.8 Å². The number of hydrogen-bond acceptors (Lipinski definition) is 5. The lowest BCUT2D eigenvalue weighted by Gasteiger charge is -2.19. The molecular weight excluding hydrogens is 410 g/mol. The predicted octanol–water partition coefficient (Wildman–Crippen LogP) is 2.55. The second kappa shape index (κ2) is 11.3. The third kappa shape index (κ3) is 6.68. The summed E-state index contributed by atoms with van der Waals surface area (Å²) in [6.07, 6.45) is 0.286. The molecule has 0 aliphatic carbocycles. The molecule has 3 amide bonds. The van der Waals surface area contributed by atoms with Gasteiger partial charge in [-0.2, -0.15) is 0 Å². The minimum absolute atomic E-state index is 0.229. The normalized spacial score (nSPS) is 11.2. The number of rotatable bonds is 9. The van der Waals surface area contributed by atoms with E-state index in [-0.39, 0.29) is 18.6 Å². The first kappa shape index (κ1) is 22.5. The van der Waals surface area contributed by atoms with Gasteiger partial charge >= 0.3 is 0 Å². The lowest BCUT2D eigenvalue weighted by molar-refractivity contribution is -0.127. The molecule has 3 rings (SSSR count). The standard InChI is InChI=1S/C24H23N3O5/c28-22(16-32-20-9-5-2-6-10-20)26-21(15-17-7-3-1-4-8-17)24(30)25-19-13-11-18(12-14-19)23(29)27-31/h1-14,21,31H,15-16H2,(H,25,30)(H,26,28)(H,27,29)/t21-/m0/s1. The maximum atomic E-state index is 12.9. The molecule has 0 unspecified atom stereocenters. The van der Waals surface area contributed by atoms with E-state index in [1.54, 1.807) is 29.7 Å². The van der Waals surface area contributed by atoms with Gasteiger partial charge in [-0.25, -0.2) is 5.48 Å². The van der Waals surface area contributed by atoms with E-state index in [2.05, 4.69) is 10.6 Å². The Kier molecular flexibility index (Phi) is 7.94. The molecule has 32 heavy (non-hydrogen) atoms. The van der Waals surface area contributed by atoms with Crippen LogP contribution in [0.5, 0.6) is 5.75 Å². The molecule has 0 fully saturated rings. The van der Waals surface area contributed by atoms with Crippen LogP contribution in [0.3, 0.4) is 0 Å². The minimum Gasteiger partial charge on any atom is -0.484 e. The van der Waals surface area contributed by atoms with Gasteiger partial charge in [-0.3, -0.25) is 19.6 Å². The van der Waals surface area contributed by atoms with Crippen LogP contribution in [-0.2, 0) is 16.0 Å². The fourth-order valence-corrected chi connectivity index (χ4v) is 2.96. The molecule has 0 aliphatic rings. The predicted molar refractivity (Wildman–Crippen MR) is 118 cm³/mol. The zero-order chi connectivity index (χ0) is 22.8. The minimum atomic E-state index is -0.843. The number of amides is 3. The summed E-state index contributed by atoms with van der Waals surface area (Å²) in [6.45, 7) is -0.229. The van der Waals surface area contributed by atoms with Crippen molar-refractivity contribution in [2.24, 2.45) is 0 Å². The molecule has 3 aromatic rings. The van der Waals surface area contributed by atoms with Crippen molar-refractivity contribution in [3.63, 3.8) is 0 Å². The average Bonchev–Trinajstić information content (AvgIpc) is 2.83. The SMILES string of the molecule is O=C(COc1ccccc1)N[C@@H](Cc1ccccc1)C(=O)Nc1ccc(C(=O)NO)cc1. The van der Waals surface area contributed by atoms with Gasteiger partial charge < -0.3 is 15.4 Å². The summed E-state index contributed by atoms with van der Waals surface area (Å²) in [5.74, 6) is -0.949. The topological polar surface area (TPSA) is 117 Å². The molecule has 0 radical (unpaired) electrons. The van der Waals surface area contributed by atoms with Crippen LogP contribution >= 0.6 is 0 Å². The van der Waals surface area contributed by atoms with Gasteiger partial charge in [-0.15, -0.1) is 0 Å². The van der Waals surface area contributed by atoms with E-state index in [0.29, 0.717) is 11.4 Å². The highest BCUT2D eigenvalue weighted by Crippen LogP contribution is 2.12. The van der Waals surface area contributed by atoms with Gasteiger partial charge in [0.15, 0.2) is 6.61 Å². The third-order valence-corrected chi connectivity index (χ3v) is 4.56. The lowest BCUT2D eigenvalue weighted by atomic mass is 10.0. The van der Waals surface area contributed by atoms with Gasteiger partial charge in [0.1, 0.15) is 11.8 Å². The zero-order valence-corrected chi connectivity index (χ0v) is 17.2. The molecule has 0 spiro atoms. The first-order valence-corrected chi connectivity index (χ1v) is 9.91. The summed E-state index contributed by atoms with van der Waals surface area (Å²) >= 11 is 0. The van der Waals surface area contributed by atoms with Crippen LogP contribution in [0.4, 0.5) is 5.69 Å². The molecule has 0 aromatic heterocycles. The molecule has 8 nitrogen and oxygen atoms in total. The van der Waals surface area contributed by atoms with Crippen LogP contribution in [0.2, 0.25) is 0 Å². The molecule has 3 aromatic carbocycles. The van der Waals surface area contributed by atoms with Gasteiger partial charge in [0.05, 0.1) is 0 Å². The summed E-state index contributed by atoms with van der Waals surface area (Å²) in [5.41, 5.74) is 3.10. The quantitative estimate of drug-likeness (QED) is 0.306.